The van der Waals surface area contributed by atoms with E-state index in [1.54, 1.807) is 18.5 Å². The molecule has 136 valence electrons. The van der Waals surface area contributed by atoms with Crippen molar-refractivity contribution in [1.82, 2.24) is 19.9 Å². The Labute approximate surface area is 153 Å². The second-order valence-corrected chi connectivity index (χ2v) is 6.76. The fraction of sp³-hybridized carbons (Fsp3) is 0.474. The first kappa shape index (κ1) is 16.9. The molecule has 7 nitrogen and oxygen atoms in total. The minimum absolute atomic E-state index is 0.00815. The molecule has 2 aromatic heterocycles. The highest BCUT2D eigenvalue weighted by molar-refractivity contribution is 5.95. The first-order valence-electron chi connectivity index (χ1n) is 9.12. The van der Waals surface area contributed by atoms with E-state index in [1.807, 2.05) is 24.0 Å². The molecule has 4 rings (SSSR count). The molecule has 0 aromatic carbocycles. The minimum Gasteiger partial charge on any atom is -0.367 e. The average Bonchev–Trinajstić information content (AvgIpc) is 3.22. The Morgan fingerprint density at radius 2 is 1.96 bits per heavy atom. The summed E-state index contributed by atoms with van der Waals surface area (Å²) in [5.74, 6) is 1.53. The number of aryl methyl sites for hydroxylation is 1. The molecule has 2 aromatic rings. The first-order valence-corrected chi connectivity index (χ1v) is 9.12. The van der Waals surface area contributed by atoms with E-state index >= 15 is 0 Å². The summed E-state index contributed by atoms with van der Waals surface area (Å²) in [6.45, 7) is 5.46. The zero-order valence-corrected chi connectivity index (χ0v) is 15.0. The first-order chi connectivity index (χ1) is 12.7. The van der Waals surface area contributed by atoms with Crippen molar-refractivity contribution in [2.45, 2.75) is 25.9 Å². The maximum absolute atomic E-state index is 13.0. The normalized spacial score (nSPS) is 20.4. The standard InChI is InChI=1S/C19H23N5O2/c1-14-4-6-21-18(22-14)16-13-24(10-11-26-16)19(25)15-5-7-20-17(12-15)23-8-2-3-9-23/h4-7,12,16H,2-3,8-11,13H2,1H3. The fourth-order valence-electron chi connectivity index (χ4n) is 3.47. The van der Waals surface area contributed by atoms with Gasteiger partial charge in [-0.2, -0.15) is 0 Å². The van der Waals surface area contributed by atoms with Crippen molar-refractivity contribution < 1.29 is 9.53 Å². The van der Waals surface area contributed by atoms with E-state index in [4.69, 9.17) is 4.74 Å². The van der Waals surface area contributed by atoms with Gasteiger partial charge in [0.1, 0.15) is 11.9 Å². The number of ether oxygens (including phenoxy) is 1. The number of hydrogen-bond acceptors (Lipinski definition) is 6. The van der Waals surface area contributed by atoms with Gasteiger partial charge in [0, 0.05) is 43.3 Å². The van der Waals surface area contributed by atoms with Crippen LogP contribution in [0.4, 0.5) is 5.82 Å². The zero-order chi connectivity index (χ0) is 17.9. The molecule has 1 amide bonds. The van der Waals surface area contributed by atoms with Gasteiger partial charge in [0.25, 0.3) is 5.91 Å². The third-order valence-corrected chi connectivity index (χ3v) is 4.88. The Morgan fingerprint density at radius 1 is 1.15 bits per heavy atom. The topological polar surface area (TPSA) is 71.5 Å². The quantitative estimate of drug-likeness (QED) is 0.840. The van der Waals surface area contributed by atoms with Gasteiger partial charge < -0.3 is 14.5 Å². The Balaban J connectivity index is 1.50. The van der Waals surface area contributed by atoms with Crippen LogP contribution in [0.25, 0.3) is 0 Å². The van der Waals surface area contributed by atoms with Crippen molar-refractivity contribution in [1.29, 1.82) is 0 Å². The molecule has 1 atom stereocenters. The van der Waals surface area contributed by atoms with Gasteiger partial charge in [-0.1, -0.05) is 0 Å². The number of anilines is 1. The van der Waals surface area contributed by atoms with Gasteiger partial charge >= 0.3 is 0 Å². The largest absolute Gasteiger partial charge is 0.367 e. The van der Waals surface area contributed by atoms with E-state index in [0.717, 1.165) is 24.6 Å². The number of hydrogen-bond donors (Lipinski definition) is 0. The lowest BCUT2D eigenvalue weighted by atomic mass is 10.2. The van der Waals surface area contributed by atoms with Crippen LogP contribution < -0.4 is 4.90 Å². The van der Waals surface area contributed by atoms with Crippen molar-refractivity contribution in [3.05, 3.63) is 47.7 Å². The second kappa shape index (κ2) is 7.37. The number of amides is 1. The van der Waals surface area contributed by atoms with Crippen LogP contribution in [0.3, 0.4) is 0 Å². The lowest BCUT2D eigenvalue weighted by Gasteiger charge is -2.32. The third kappa shape index (κ3) is 3.53. The van der Waals surface area contributed by atoms with Crippen LogP contribution in [0, 0.1) is 6.92 Å². The Morgan fingerprint density at radius 3 is 2.77 bits per heavy atom. The van der Waals surface area contributed by atoms with Gasteiger partial charge in [0.2, 0.25) is 0 Å². The number of carbonyl (C=O) groups excluding carboxylic acids is 1. The van der Waals surface area contributed by atoms with E-state index in [-0.39, 0.29) is 12.0 Å². The highest BCUT2D eigenvalue weighted by atomic mass is 16.5. The molecule has 4 heterocycles. The van der Waals surface area contributed by atoms with Crippen LogP contribution in [-0.2, 0) is 4.74 Å². The summed E-state index contributed by atoms with van der Waals surface area (Å²) in [5.41, 5.74) is 1.57. The van der Waals surface area contributed by atoms with E-state index < -0.39 is 0 Å². The van der Waals surface area contributed by atoms with Crippen LogP contribution >= 0.6 is 0 Å². The number of nitrogens with zero attached hydrogens (tertiary/aromatic N) is 5. The Kier molecular flexibility index (Phi) is 4.79. The summed E-state index contributed by atoms with van der Waals surface area (Å²) >= 11 is 0. The van der Waals surface area contributed by atoms with Gasteiger partial charge in [-0.25, -0.2) is 15.0 Å². The maximum atomic E-state index is 13.0. The van der Waals surface area contributed by atoms with E-state index in [9.17, 15) is 4.79 Å². The molecule has 0 radical (unpaired) electrons. The van der Waals surface area contributed by atoms with Gasteiger partial charge in [0.15, 0.2) is 5.82 Å². The van der Waals surface area contributed by atoms with Crippen LogP contribution in [0.5, 0.6) is 0 Å². The monoisotopic (exact) mass is 353 g/mol. The van der Waals surface area contributed by atoms with Crippen LogP contribution in [0.1, 0.15) is 40.8 Å². The lowest BCUT2D eigenvalue weighted by Crippen LogP contribution is -2.42. The van der Waals surface area contributed by atoms with Crippen molar-refractivity contribution >= 4 is 11.7 Å². The SMILES string of the molecule is Cc1ccnc(C2CN(C(=O)c3ccnc(N4CCCC4)c3)CCO2)n1. The molecule has 2 saturated heterocycles. The van der Waals surface area contributed by atoms with Crippen LogP contribution in [0.15, 0.2) is 30.6 Å². The summed E-state index contributed by atoms with van der Waals surface area (Å²) in [7, 11) is 0. The second-order valence-electron chi connectivity index (χ2n) is 6.76. The Bertz CT molecular complexity index is 791. The third-order valence-electron chi connectivity index (χ3n) is 4.88. The molecule has 0 saturated carbocycles. The minimum atomic E-state index is -0.285. The van der Waals surface area contributed by atoms with E-state index in [2.05, 4.69) is 19.9 Å². The molecule has 0 bridgehead atoms. The number of morpholine rings is 1. The highest BCUT2D eigenvalue weighted by Crippen LogP contribution is 2.23. The summed E-state index contributed by atoms with van der Waals surface area (Å²) < 4.78 is 5.80. The fourth-order valence-corrected chi connectivity index (χ4v) is 3.47. The van der Waals surface area contributed by atoms with Gasteiger partial charge in [-0.15, -0.1) is 0 Å². The predicted octanol–water partition coefficient (Wildman–Crippen LogP) is 1.99. The molecule has 0 aliphatic carbocycles. The smallest absolute Gasteiger partial charge is 0.254 e. The molecular formula is C19H23N5O2. The Hall–Kier alpha value is -2.54. The molecule has 2 fully saturated rings. The molecule has 0 spiro atoms. The van der Waals surface area contributed by atoms with Gasteiger partial charge in [-0.05, 0) is 38.0 Å². The zero-order valence-electron chi connectivity index (χ0n) is 15.0. The van der Waals surface area contributed by atoms with Gasteiger partial charge in [0.05, 0.1) is 13.2 Å². The summed E-state index contributed by atoms with van der Waals surface area (Å²) in [5, 5.41) is 0. The molecule has 0 N–H and O–H groups in total. The number of rotatable bonds is 3. The van der Waals surface area contributed by atoms with E-state index in [0.29, 0.717) is 31.1 Å². The molecule has 2 aliphatic heterocycles. The molecule has 7 heteroatoms. The number of pyridine rings is 1. The van der Waals surface area contributed by atoms with Crippen molar-refractivity contribution in [3.8, 4) is 0 Å². The highest BCUT2D eigenvalue weighted by Gasteiger charge is 2.28. The van der Waals surface area contributed by atoms with E-state index in [1.165, 1.54) is 12.8 Å². The number of carbonyl (C=O) groups is 1. The summed E-state index contributed by atoms with van der Waals surface area (Å²) in [6.07, 6.45) is 5.53. The van der Waals surface area contributed by atoms with Crippen LogP contribution in [0.2, 0.25) is 0 Å². The summed E-state index contributed by atoms with van der Waals surface area (Å²) in [6, 6.07) is 5.54. The average molecular weight is 353 g/mol. The summed E-state index contributed by atoms with van der Waals surface area (Å²) in [4.78, 5) is 30.2. The van der Waals surface area contributed by atoms with Crippen LogP contribution in [-0.4, -0.2) is 58.5 Å². The van der Waals surface area contributed by atoms with Crippen molar-refractivity contribution in [3.63, 3.8) is 0 Å². The van der Waals surface area contributed by atoms with Gasteiger partial charge in [-0.3, -0.25) is 4.79 Å². The molecule has 26 heavy (non-hydrogen) atoms. The predicted molar refractivity (Wildman–Crippen MR) is 97.0 cm³/mol. The molecule has 2 aliphatic rings. The number of aromatic nitrogens is 3. The van der Waals surface area contributed by atoms with Crippen molar-refractivity contribution in [2.75, 3.05) is 37.7 Å². The maximum Gasteiger partial charge on any atom is 0.254 e. The lowest BCUT2D eigenvalue weighted by molar-refractivity contribution is -0.0268. The van der Waals surface area contributed by atoms with Crippen molar-refractivity contribution in [2.24, 2.45) is 0 Å². The molecule has 1 unspecified atom stereocenters. The molecular weight excluding hydrogens is 330 g/mol.